The molecule has 1 saturated heterocycles. The fourth-order valence-corrected chi connectivity index (χ4v) is 5.28. The van der Waals surface area contributed by atoms with Crippen LogP contribution in [0.3, 0.4) is 0 Å². The molecule has 0 bridgehead atoms. The van der Waals surface area contributed by atoms with Crippen molar-refractivity contribution in [3.8, 4) is 17.0 Å². The zero-order valence-corrected chi connectivity index (χ0v) is 23.2. The molecule has 0 saturated carbocycles. The lowest BCUT2D eigenvalue weighted by atomic mass is 10.0. The zero-order chi connectivity index (χ0) is 28.2. The smallest absolute Gasteiger partial charge is 0.255 e. The van der Waals surface area contributed by atoms with Crippen molar-refractivity contribution in [2.45, 2.75) is 38.4 Å². The number of hydrogen-bond acceptors (Lipinski definition) is 8. The first-order valence-corrected chi connectivity index (χ1v) is 13.6. The van der Waals surface area contributed by atoms with Crippen LogP contribution >= 0.6 is 11.6 Å². The van der Waals surface area contributed by atoms with Gasteiger partial charge in [-0.25, -0.2) is 9.97 Å². The Morgan fingerprint density at radius 3 is 2.80 bits per heavy atom. The minimum absolute atomic E-state index is 0.165. The first-order chi connectivity index (χ1) is 19.4. The maximum atomic E-state index is 13.4. The molecule has 2 amide bonds. The number of anilines is 1. The lowest BCUT2D eigenvalue weighted by Crippen LogP contribution is -2.40. The van der Waals surface area contributed by atoms with Crippen LogP contribution in [-0.2, 0) is 16.1 Å². The lowest BCUT2D eigenvalue weighted by Gasteiger charge is -2.23. The average Bonchev–Trinajstić information content (AvgIpc) is 3.27. The van der Waals surface area contributed by atoms with Crippen molar-refractivity contribution in [2.24, 2.45) is 0 Å². The van der Waals surface area contributed by atoms with Gasteiger partial charge in [0.2, 0.25) is 11.9 Å². The van der Waals surface area contributed by atoms with E-state index in [0.29, 0.717) is 52.3 Å². The fraction of sp³-hybridized carbons (Fsp3) is 0.379. The van der Waals surface area contributed by atoms with Crippen molar-refractivity contribution >= 4 is 29.4 Å². The third kappa shape index (κ3) is 6.04. The Hall–Kier alpha value is -3.73. The normalized spacial score (nSPS) is 16.0. The van der Waals surface area contributed by atoms with Crippen LogP contribution in [0, 0.1) is 6.92 Å². The second-order valence-electron chi connectivity index (χ2n) is 10.0. The Bertz CT molecular complexity index is 1410. The summed E-state index contributed by atoms with van der Waals surface area (Å²) < 4.78 is 11.1. The molecule has 3 heterocycles. The van der Waals surface area contributed by atoms with Gasteiger partial charge in [0, 0.05) is 35.9 Å². The van der Waals surface area contributed by atoms with Crippen molar-refractivity contribution < 1.29 is 24.2 Å². The van der Waals surface area contributed by atoms with Crippen molar-refractivity contribution in [3.63, 3.8) is 0 Å². The number of nitrogens with zero attached hydrogens (tertiary/aromatic N) is 3. The molecule has 10 nitrogen and oxygen atoms in total. The maximum Gasteiger partial charge on any atom is 0.255 e. The molecule has 210 valence electrons. The van der Waals surface area contributed by atoms with E-state index in [0.717, 1.165) is 24.0 Å². The number of benzene rings is 2. The molecule has 1 aromatic heterocycles. The molecular weight excluding hydrogens is 534 g/mol. The number of halogens is 1. The fourth-order valence-electron chi connectivity index (χ4n) is 5.08. The number of aliphatic hydroxyl groups is 1. The number of aliphatic hydroxyl groups excluding tert-OH is 1. The van der Waals surface area contributed by atoms with Crippen LogP contribution in [0.15, 0.2) is 42.6 Å². The molecule has 3 aromatic rings. The van der Waals surface area contributed by atoms with Crippen molar-refractivity contribution in [3.05, 3.63) is 69.9 Å². The van der Waals surface area contributed by atoms with Gasteiger partial charge in [0.1, 0.15) is 12.3 Å². The number of carbonyl (C=O) groups is 2. The summed E-state index contributed by atoms with van der Waals surface area (Å²) in [4.78, 5) is 36.8. The van der Waals surface area contributed by atoms with Crippen LogP contribution in [0.4, 0.5) is 5.95 Å². The van der Waals surface area contributed by atoms with Gasteiger partial charge in [-0.2, -0.15) is 0 Å². The van der Waals surface area contributed by atoms with Gasteiger partial charge in [0.05, 0.1) is 43.2 Å². The molecule has 0 radical (unpaired) electrons. The highest BCUT2D eigenvalue weighted by Gasteiger charge is 2.33. The van der Waals surface area contributed by atoms with E-state index in [4.69, 9.17) is 21.1 Å². The summed E-state index contributed by atoms with van der Waals surface area (Å²) in [6.07, 6.45) is 3.25. The van der Waals surface area contributed by atoms with Gasteiger partial charge in [0.25, 0.3) is 5.91 Å². The summed E-state index contributed by atoms with van der Waals surface area (Å²) in [6.45, 7) is 3.10. The van der Waals surface area contributed by atoms with Gasteiger partial charge in [0.15, 0.2) is 0 Å². The van der Waals surface area contributed by atoms with Crippen LogP contribution in [0.2, 0.25) is 5.02 Å². The molecule has 1 fully saturated rings. The average molecular weight is 566 g/mol. The van der Waals surface area contributed by atoms with Gasteiger partial charge < -0.3 is 30.1 Å². The molecule has 11 heteroatoms. The molecule has 1 atom stereocenters. The Kier molecular flexibility index (Phi) is 8.49. The second kappa shape index (κ2) is 12.2. The van der Waals surface area contributed by atoms with Crippen LogP contribution in [0.1, 0.15) is 45.9 Å². The standard InChI is InChI=1S/C29H32ClN5O5/c1-17-4-3-5-18(10-17)24(16-36)33-26(37)15-35-14-22-21(28(35)38)11-19(12-25(22)39-2)27-23(30)13-31-29(34-27)32-20-6-8-40-9-7-20/h3-5,10-13,20,24,36H,6-9,14-16H2,1-2H3,(H,33,37)(H,31,32,34). The first-order valence-electron chi connectivity index (χ1n) is 13.2. The van der Waals surface area contributed by atoms with Crippen molar-refractivity contribution in [2.75, 3.05) is 38.8 Å². The van der Waals surface area contributed by atoms with Gasteiger partial charge in [-0.3, -0.25) is 9.59 Å². The second-order valence-corrected chi connectivity index (χ2v) is 10.4. The molecule has 1 unspecified atom stereocenters. The van der Waals surface area contributed by atoms with E-state index >= 15 is 0 Å². The van der Waals surface area contributed by atoms with E-state index in [1.807, 2.05) is 31.2 Å². The Labute approximate surface area is 237 Å². The Balaban J connectivity index is 1.34. The van der Waals surface area contributed by atoms with Gasteiger partial charge in [-0.15, -0.1) is 0 Å². The number of nitrogens with one attached hydrogen (secondary N) is 2. The van der Waals surface area contributed by atoms with E-state index in [-0.39, 0.29) is 37.6 Å². The Morgan fingerprint density at radius 1 is 1.27 bits per heavy atom. The molecule has 40 heavy (non-hydrogen) atoms. The van der Waals surface area contributed by atoms with E-state index in [2.05, 4.69) is 20.6 Å². The van der Waals surface area contributed by atoms with Gasteiger partial charge in [-0.1, -0.05) is 41.4 Å². The number of aryl methyl sites for hydroxylation is 1. The number of hydrogen-bond donors (Lipinski definition) is 3. The minimum Gasteiger partial charge on any atom is -0.496 e. The predicted octanol–water partition coefficient (Wildman–Crippen LogP) is 3.51. The topological polar surface area (TPSA) is 126 Å². The highest BCUT2D eigenvalue weighted by molar-refractivity contribution is 6.33. The van der Waals surface area contributed by atoms with Gasteiger partial charge >= 0.3 is 0 Å². The van der Waals surface area contributed by atoms with Crippen LogP contribution in [-0.4, -0.2) is 71.3 Å². The summed E-state index contributed by atoms with van der Waals surface area (Å²) in [5, 5.41) is 16.4. The lowest BCUT2D eigenvalue weighted by molar-refractivity contribution is -0.122. The maximum absolute atomic E-state index is 13.4. The third-order valence-corrected chi connectivity index (χ3v) is 7.44. The number of rotatable bonds is 9. The summed E-state index contributed by atoms with van der Waals surface area (Å²) >= 11 is 6.49. The predicted molar refractivity (Wildman–Crippen MR) is 150 cm³/mol. The third-order valence-electron chi connectivity index (χ3n) is 7.16. The highest BCUT2D eigenvalue weighted by atomic mass is 35.5. The monoisotopic (exact) mass is 565 g/mol. The number of methoxy groups -OCH3 is 1. The number of carbonyl (C=O) groups excluding carboxylic acids is 2. The van der Waals surface area contributed by atoms with Crippen LogP contribution < -0.4 is 15.4 Å². The van der Waals surface area contributed by atoms with E-state index < -0.39 is 6.04 Å². The molecule has 0 spiro atoms. The van der Waals surface area contributed by atoms with Gasteiger partial charge in [-0.05, 0) is 37.5 Å². The minimum atomic E-state index is -0.572. The number of amides is 2. The molecule has 2 aliphatic rings. The molecule has 0 aliphatic carbocycles. The van der Waals surface area contributed by atoms with E-state index in [1.165, 1.54) is 18.2 Å². The summed E-state index contributed by atoms with van der Waals surface area (Å²) in [5.74, 6) is 0.281. The summed E-state index contributed by atoms with van der Waals surface area (Å²) in [6, 6.07) is 10.7. The zero-order valence-electron chi connectivity index (χ0n) is 22.4. The summed E-state index contributed by atoms with van der Waals surface area (Å²) in [5.41, 5.74) is 4.01. The molecular formula is C29H32ClN5O5. The highest BCUT2D eigenvalue weighted by Crippen LogP contribution is 2.37. The SMILES string of the molecule is COc1cc(-c2nc(NC3CCOCC3)ncc2Cl)cc2c1CN(CC(=O)NC(CO)c1cccc(C)c1)C2=O. The molecule has 2 aromatic carbocycles. The van der Waals surface area contributed by atoms with Crippen LogP contribution in [0.25, 0.3) is 11.3 Å². The molecule has 5 rings (SSSR count). The van der Waals surface area contributed by atoms with Crippen LogP contribution in [0.5, 0.6) is 5.75 Å². The van der Waals surface area contributed by atoms with Crippen molar-refractivity contribution in [1.29, 1.82) is 0 Å². The quantitative estimate of drug-likeness (QED) is 0.360. The Morgan fingerprint density at radius 2 is 2.08 bits per heavy atom. The molecule has 2 aliphatic heterocycles. The van der Waals surface area contributed by atoms with Crippen molar-refractivity contribution in [1.82, 2.24) is 20.2 Å². The van der Waals surface area contributed by atoms with E-state index in [1.54, 1.807) is 12.1 Å². The summed E-state index contributed by atoms with van der Waals surface area (Å²) in [7, 11) is 1.53. The van der Waals surface area contributed by atoms with E-state index in [9.17, 15) is 14.7 Å². The number of aromatic nitrogens is 2. The first kappa shape index (κ1) is 27.8. The number of ether oxygens (including phenoxy) is 2. The molecule has 3 N–H and O–H groups in total. The number of fused-ring (bicyclic) bond motifs is 1. The largest absolute Gasteiger partial charge is 0.496 e.